The number of hydrogen-bond acceptors (Lipinski definition) is 5. The molecule has 0 unspecified atom stereocenters. The Hall–Kier alpha value is -3.06. The van der Waals surface area contributed by atoms with E-state index in [1.165, 1.54) is 0 Å². The lowest BCUT2D eigenvalue weighted by molar-refractivity contribution is 0.0945. The van der Waals surface area contributed by atoms with Gasteiger partial charge in [0.25, 0.3) is 11.8 Å². The van der Waals surface area contributed by atoms with E-state index in [2.05, 4.69) is 15.5 Å². The van der Waals surface area contributed by atoms with E-state index in [0.29, 0.717) is 37.4 Å². The average Bonchev–Trinajstić information content (AvgIpc) is 2.80. The highest BCUT2D eigenvalue weighted by Crippen LogP contribution is 2.12. The lowest BCUT2D eigenvalue weighted by Crippen LogP contribution is -2.30. The molecule has 0 aliphatic rings. The molecule has 0 aromatic heterocycles. The van der Waals surface area contributed by atoms with Crippen LogP contribution in [-0.4, -0.2) is 63.2 Å². The van der Waals surface area contributed by atoms with Crippen molar-refractivity contribution in [1.29, 1.82) is 0 Å². The van der Waals surface area contributed by atoms with E-state index in [1.807, 2.05) is 20.9 Å². The maximum absolute atomic E-state index is 12.2. The number of nitrogens with zero attached hydrogens (tertiary/aromatic N) is 1. The zero-order valence-corrected chi connectivity index (χ0v) is 19.4. The molecule has 7 heteroatoms. The summed E-state index contributed by atoms with van der Waals surface area (Å²) in [4.78, 5) is 26.6. The van der Waals surface area contributed by atoms with Gasteiger partial charge in [0, 0.05) is 24.2 Å². The van der Waals surface area contributed by atoms with E-state index in [9.17, 15) is 9.59 Å². The molecule has 7 nitrogen and oxygen atoms in total. The van der Waals surface area contributed by atoms with Gasteiger partial charge >= 0.3 is 0 Å². The van der Waals surface area contributed by atoms with Crippen molar-refractivity contribution in [2.45, 2.75) is 26.7 Å². The molecule has 2 N–H and O–H groups in total. The van der Waals surface area contributed by atoms with Crippen molar-refractivity contribution in [3.8, 4) is 11.5 Å². The third-order valence-electron chi connectivity index (χ3n) is 4.86. The van der Waals surface area contributed by atoms with Gasteiger partial charge in [-0.05, 0) is 95.4 Å². The van der Waals surface area contributed by atoms with E-state index in [0.717, 1.165) is 37.4 Å². The number of nitrogens with one attached hydrogen (secondary N) is 2. The summed E-state index contributed by atoms with van der Waals surface area (Å²) in [5, 5.41) is 5.89. The molecule has 0 atom stereocenters. The van der Waals surface area contributed by atoms with Crippen molar-refractivity contribution in [2.75, 3.05) is 46.4 Å². The van der Waals surface area contributed by atoms with Crippen LogP contribution >= 0.6 is 0 Å². The predicted octanol–water partition coefficient (Wildman–Crippen LogP) is 3.36. The third-order valence-corrected chi connectivity index (χ3v) is 4.86. The first-order chi connectivity index (χ1) is 15.5. The Morgan fingerprint density at radius 1 is 0.719 bits per heavy atom. The van der Waals surface area contributed by atoms with Gasteiger partial charge in [0.15, 0.2) is 0 Å². The predicted molar refractivity (Wildman–Crippen MR) is 127 cm³/mol. The Balaban J connectivity index is 1.55. The molecule has 2 aromatic carbocycles. The number of amides is 2. The molecule has 0 saturated heterocycles. The van der Waals surface area contributed by atoms with Crippen molar-refractivity contribution in [3.63, 3.8) is 0 Å². The minimum Gasteiger partial charge on any atom is -0.494 e. The van der Waals surface area contributed by atoms with E-state index in [-0.39, 0.29) is 11.8 Å². The SMILES string of the molecule is CCOc1ccc(C(=O)NCCCN(C)CCCNC(=O)c2ccc(OCC)cc2)cc1. The normalized spacial score (nSPS) is 10.6. The molecule has 0 aliphatic carbocycles. The summed E-state index contributed by atoms with van der Waals surface area (Å²) in [6.45, 7) is 8.04. The van der Waals surface area contributed by atoms with Gasteiger partial charge in [-0.1, -0.05) is 0 Å². The minimum absolute atomic E-state index is 0.0762. The Morgan fingerprint density at radius 2 is 1.09 bits per heavy atom. The molecule has 0 aliphatic heterocycles. The van der Waals surface area contributed by atoms with Gasteiger partial charge < -0.3 is 25.0 Å². The second-order valence-corrected chi connectivity index (χ2v) is 7.44. The Morgan fingerprint density at radius 3 is 1.44 bits per heavy atom. The van der Waals surface area contributed by atoms with Gasteiger partial charge in [-0.2, -0.15) is 0 Å². The fourth-order valence-electron chi connectivity index (χ4n) is 3.16. The maximum Gasteiger partial charge on any atom is 0.251 e. The smallest absolute Gasteiger partial charge is 0.251 e. The summed E-state index contributed by atoms with van der Waals surface area (Å²) < 4.78 is 10.8. The second kappa shape index (κ2) is 14.1. The van der Waals surface area contributed by atoms with Crippen LogP contribution in [0.4, 0.5) is 0 Å². The quantitative estimate of drug-likeness (QED) is 0.440. The topological polar surface area (TPSA) is 79.9 Å². The minimum atomic E-state index is -0.0762. The maximum atomic E-state index is 12.2. The van der Waals surface area contributed by atoms with Crippen LogP contribution in [0.25, 0.3) is 0 Å². The zero-order chi connectivity index (χ0) is 23.2. The van der Waals surface area contributed by atoms with Gasteiger partial charge in [0.05, 0.1) is 13.2 Å². The first-order valence-corrected chi connectivity index (χ1v) is 11.2. The summed E-state index contributed by atoms with van der Waals surface area (Å²) >= 11 is 0. The van der Waals surface area contributed by atoms with Gasteiger partial charge in [0.2, 0.25) is 0 Å². The van der Waals surface area contributed by atoms with Crippen molar-refractivity contribution >= 4 is 11.8 Å². The summed E-state index contributed by atoms with van der Waals surface area (Å²) in [5.41, 5.74) is 1.26. The molecule has 174 valence electrons. The molecule has 2 amide bonds. The van der Waals surface area contributed by atoms with Gasteiger partial charge in [-0.15, -0.1) is 0 Å². The van der Waals surface area contributed by atoms with Crippen LogP contribution in [-0.2, 0) is 0 Å². The van der Waals surface area contributed by atoms with E-state index in [4.69, 9.17) is 9.47 Å². The van der Waals surface area contributed by atoms with Crippen LogP contribution in [0.3, 0.4) is 0 Å². The number of hydrogen-bond donors (Lipinski definition) is 2. The van der Waals surface area contributed by atoms with Crippen LogP contribution in [0.15, 0.2) is 48.5 Å². The number of carbonyl (C=O) groups is 2. The molecule has 0 radical (unpaired) electrons. The molecule has 0 fully saturated rings. The number of rotatable bonds is 14. The lowest BCUT2D eigenvalue weighted by atomic mass is 10.2. The molecule has 0 saturated carbocycles. The van der Waals surface area contributed by atoms with Crippen molar-refractivity contribution < 1.29 is 19.1 Å². The molecular weight excluding hydrogens is 406 g/mol. The van der Waals surface area contributed by atoms with Gasteiger partial charge in [-0.3, -0.25) is 9.59 Å². The number of ether oxygens (including phenoxy) is 2. The monoisotopic (exact) mass is 441 g/mol. The largest absolute Gasteiger partial charge is 0.494 e. The fraction of sp³-hybridized carbons (Fsp3) is 0.440. The molecule has 2 aromatic rings. The van der Waals surface area contributed by atoms with E-state index >= 15 is 0 Å². The number of benzene rings is 2. The summed E-state index contributed by atoms with van der Waals surface area (Å²) in [5.74, 6) is 1.38. The first-order valence-electron chi connectivity index (χ1n) is 11.2. The molecule has 0 heterocycles. The molecule has 2 rings (SSSR count). The number of carbonyl (C=O) groups excluding carboxylic acids is 2. The highest BCUT2D eigenvalue weighted by Gasteiger charge is 2.07. The molecule has 0 bridgehead atoms. The van der Waals surface area contributed by atoms with Crippen LogP contribution in [0.5, 0.6) is 11.5 Å². The van der Waals surface area contributed by atoms with Crippen LogP contribution in [0, 0.1) is 0 Å². The molecule has 0 spiro atoms. The Bertz CT molecular complexity index is 753. The van der Waals surface area contributed by atoms with E-state index in [1.54, 1.807) is 48.5 Å². The average molecular weight is 442 g/mol. The van der Waals surface area contributed by atoms with Gasteiger partial charge in [0.1, 0.15) is 11.5 Å². The molecule has 32 heavy (non-hydrogen) atoms. The standard InChI is InChI=1S/C25H35N3O4/c1-4-31-22-12-8-20(9-13-22)24(29)26-16-6-18-28(3)19-7-17-27-25(30)21-10-14-23(15-11-21)32-5-2/h8-15H,4-7,16-19H2,1-3H3,(H,26,29)(H,27,30). The Labute approximate surface area is 191 Å². The molecular formula is C25H35N3O4. The highest BCUT2D eigenvalue weighted by molar-refractivity contribution is 5.94. The first kappa shape index (κ1) is 25.2. The lowest BCUT2D eigenvalue weighted by Gasteiger charge is -2.17. The second-order valence-electron chi connectivity index (χ2n) is 7.44. The van der Waals surface area contributed by atoms with Crippen molar-refractivity contribution in [3.05, 3.63) is 59.7 Å². The van der Waals surface area contributed by atoms with Crippen LogP contribution in [0.2, 0.25) is 0 Å². The van der Waals surface area contributed by atoms with Crippen molar-refractivity contribution in [2.24, 2.45) is 0 Å². The van der Waals surface area contributed by atoms with Gasteiger partial charge in [-0.25, -0.2) is 0 Å². The Kier molecular flexibility index (Phi) is 11.1. The zero-order valence-electron chi connectivity index (χ0n) is 19.4. The van der Waals surface area contributed by atoms with E-state index < -0.39 is 0 Å². The van der Waals surface area contributed by atoms with Crippen LogP contribution < -0.4 is 20.1 Å². The van der Waals surface area contributed by atoms with Crippen molar-refractivity contribution in [1.82, 2.24) is 15.5 Å². The summed E-state index contributed by atoms with van der Waals surface area (Å²) in [6, 6.07) is 14.3. The summed E-state index contributed by atoms with van der Waals surface area (Å²) in [6.07, 6.45) is 1.72. The summed E-state index contributed by atoms with van der Waals surface area (Å²) in [7, 11) is 2.04. The fourth-order valence-corrected chi connectivity index (χ4v) is 3.16. The highest BCUT2D eigenvalue weighted by atomic mass is 16.5. The third kappa shape index (κ3) is 8.98. The van der Waals surface area contributed by atoms with Crippen LogP contribution in [0.1, 0.15) is 47.4 Å².